The second kappa shape index (κ2) is 12.7. The van der Waals surface area contributed by atoms with E-state index in [-0.39, 0.29) is 76.3 Å². The minimum atomic E-state index is -2.67. The van der Waals surface area contributed by atoms with Crippen LogP contribution in [0.1, 0.15) is 63.0 Å². The smallest absolute Gasteiger partial charge is 0.248 e. The van der Waals surface area contributed by atoms with Gasteiger partial charge in [-0.05, 0) is 59.9 Å². The SMILES string of the molecule is O=C(NCc1ncc(-c2ccc(-c3ccc4c(ccc5nc(CNC(=O)C6CCC(F)(F)CC6)[nH]c54)c3)cc2)[nH]1)C1CCC(F)(F)CC1. The van der Waals surface area contributed by atoms with Crippen molar-refractivity contribution in [1.29, 1.82) is 0 Å². The van der Waals surface area contributed by atoms with Crippen molar-refractivity contribution in [3.63, 3.8) is 0 Å². The maximum absolute atomic E-state index is 13.5. The van der Waals surface area contributed by atoms with Gasteiger partial charge in [0.1, 0.15) is 11.6 Å². The maximum Gasteiger partial charge on any atom is 0.248 e. The highest BCUT2D eigenvalue weighted by Crippen LogP contribution is 2.37. The van der Waals surface area contributed by atoms with Crippen LogP contribution in [0.3, 0.4) is 0 Å². The predicted octanol–water partition coefficient (Wildman–Crippen LogP) is 7.66. The van der Waals surface area contributed by atoms with E-state index >= 15 is 0 Å². The number of carbonyl (C=O) groups excluding carboxylic acids is 2. The topological polar surface area (TPSA) is 116 Å². The van der Waals surface area contributed by atoms with Crippen LogP contribution in [0.15, 0.2) is 60.8 Å². The molecule has 0 saturated heterocycles. The number of nitrogens with one attached hydrogen (secondary N) is 4. The Morgan fingerprint density at radius 1 is 0.708 bits per heavy atom. The summed E-state index contributed by atoms with van der Waals surface area (Å²) in [5, 5.41) is 7.69. The van der Waals surface area contributed by atoms with Gasteiger partial charge in [0.2, 0.25) is 23.7 Å². The van der Waals surface area contributed by atoms with Gasteiger partial charge in [-0.15, -0.1) is 0 Å². The van der Waals surface area contributed by atoms with Crippen molar-refractivity contribution in [2.24, 2.45) is 11.8 Å². The third-order valence-corrected chi connectivity index (χ3v) is 9.72. The van der Waals surface area contributed by atoms with Gasteiger partial charge in [0.05, 0.1) is 36.0 Å². The molecular formula is C36H36F4N6O2. The van der Waals surface area contributed by atoms with E-state index in [0.717, 1.165) is 44.2 Å². The van der Waals surface area contributed by atoms with E-state index in [1.807, 2.05) is 48.5 Å². The summed E-state index contributed by atoms with van der Waals surface area (Å²) in [6.07, 6.45) is 1.47. The highest BCUT2D eigenvalue weighted by Gasteiger charge is 2.38. The highest BCUT2D eigenvalue weighted by molar-refractivity contribution is 6.05. The van der Waals surface area contributed by atoms with Gasteiger partial charge in [0.25, 0.3) is 0 Å². The van der Waals surface area contributed by atoms with Crippen molar-refractivity contribution < 1.29 is 27.2 Å². The number of hydrogen-bond acceptors (Lipinski definition) is 4. The average molecular weight is 661 g/mol. The monoisotopic (exact) mass is 660 g/mol. The Morgan fingerprint density at radius 3 is 1.90 bits per heavy atom. The fourth-order valence-corrected chi connectivity index (χ4v) is 6.80. The quantitative estimate of drug-likeness (QED) is 0.128. The van der Waals surface area contributed by atoms with Crippen LogP contribution in [0.5, 0.6) is 0 Å². The number of aromatic amines is 2. The number of alkyl halides is 4. The summed E-state index contributed by atoms with van der Waals surface area (Å²) >= 11 is 0. The molecule has 3 aromatic carbocycles. The van der Waals surface area contributed by atoms with Crippen molar-refractivity contribution in [3.05, 3.63) is 72.4 Å². The summed E-state index contributed by atoms with van der Waals surface area (Å²) in [7, 11) is 0. The number of halogens is 4. The molecule has 2 aromatic heterocycles. The van der Waals surface area contributed by atoms with Crippen molar-refractivity contribution in [1.82, 2.24) is 30.6 Å². The van der Waals surface area contributed by atoms with E-state index in [1.54, 1.807) is 6.20 Å². The number of nitrogens with zero attached hydrogens (tertiary/aromatic N) is 2. The fraction of sp³-hybridized carbons (Fsp3) is 0.389. The third kappa shape index (κ3) is 6.93. The molecule has 0 bridgehead atoms. The molecular weight excluding hydrogens is 624 g/mol. The van der Waals surface area contributed by atoms with Crippen molar-refractivity contribution >= 4 is 33.6 Å². The van der Waals surface area contributed by atoms with Crippen LogP contribution in [-0.2, 0) is 22.7 Å². The Balaban J connectivity index is 0.975. The second-order valence-electron chi connectivity index (χ2n) is 13.1. The Labute approximate surface area is 274 Å². The minimum Gasteiger partial charge on any atom is -0.349 e. The van der Waals surface area contributed by atoms with E-state index < -0.39 is 23.7 Å². The zero-order valence-corrected chi connectivity index (χ0v) is 26.2. The van der Waals surface area contributed by atoms with Crippen LogP contribution < -0.4 is 10.6 Å². The number of imidazole rings is 2. The second-order valence-corrected chi connectivity index (χ2v) is 13.1. The fourth-order valence-electron chi connectivity index (χ4n) is 6.80. The Kier molecular flexibility index (Phi) is 8.43. The summed E-state index contributed by atoms with van der Waals surface area (Å²) in [6, 6.07) is 18.2. The lowest BCUT2D eigenvalue weighted by molar-refractivity contribution is -0.130. The summed E-state index contributed by atoms with van der Waals surface area (Å²) in [4.78, 5) is 40.6. The standard InChI is InChI=1S/C36H36F4N6O2/c37-35(38)13-9-23(10-14-35)33(47)42-19-30-41-18-29(45-30)22-3-1-21(2-4-22)25-5-7-27-26(17-25)6-8-28-32(27)46-31(44-28)20-43-34(48)24-11-15-36(39,40)16-12-24/h1-8,17-18,23-24H,9-16,19-20H2,(H,41,45)(H,42,47)(H,43,48)(H,44,46). The minimum absolute atomic E-state index is 0.191. The summed E-state index contributed by atoms with van der Waals surface area (Å²) in [6.45, 7) is 0.397. The van der Waals surface area contributed by atoms with Crippen molar-refractivity contribution in [3.8, 4) is 22.4 Å². The number of amides is 2. The summed E-state index contributed by atoms with van der Waals surface area (Å²) in [5.74, 6) is -5.35. The van der Waals surface area contributed by atoms with Gasteiger partial charge in [-0.1, -0.05) is 42.5 Å². The van der Waals surface area contributed by atoms with Crippen molar-refractivity contribution in [2.75, 3.05) is 0 Å². The molecule has 2 heterocycles. The van der Waals surface area contributed by atoms with Gasteiger partial charge in [-0.2, -0.15) is 0 Å². The third-order valence-electron chi connectivity index (χ3n) is 9.72. The number of hydrogen-bond donors (Lipinski definition) is 4. The molecule has 12 heteroatoms. The molecule has 0 radical (unpaired) electrons. The zero-order chi connectivity index (χ0) is 33.5. The molecule has 2 aliphatic rings. The Hall–Kier alpha value is -4.74. The van der Waals surface area contributed by atoms with E-state index in [2.05, 4.69) is 36.6 Å². The normalized spacial score (nSPS) is 18.2. The van der Waals surface area contributed by atoms with Crippen LogP contribution in [-0.4, -0.2) is 43.6 Å². The molecule has 4 N–H and O–H groups in total. The molecule has 2 fully saturated rings. The van der Waals surface area contributed by atoms with Gasteiger partial charge in [-0.25, -0.2) is 27.5 Å². The number of aromatic nitrogens is 4. The lowest BCUT2D eigenvalue weighted by Crippen LogP contribution is -2.35. The maximum atomic E-state index is 13.5. The van der Waals surface area contributed by atoms with Gasteiger partial charge >= 0.3 is 0 Å². The lowest BCUT2D eigenvalue weighted by atomic mass is 9.86. The number of carbonyl (C=O) groups is 2. The van der Waals surface area contributed by atoms with E-state index in [1.165, 1.54) is 0 Å². The molecule has 8 nitrogen and oxygen atoms in total. The molecule has 48 heavy (non-hydrogen) atoms. The first-order valence-corrected chi connectivity index (χ1v) is 16.4. The Bertz CT molecular complexity index is 1950. The van der Waals surface area contributed by atoms with Crippen LogP contribution in [0, 0.1) is 11.8 Å². The molecule has 0 aliphatic heterocycles. The van der Waals surface area contributed by atoms with Gasteiger partial charge < -0.3 is 20.6 Å². The van der Waals surface area contributed by atoms with Gasteiger partial charge in [0, 0.05) is 42.9 Å². The molecule has 250 valence electrons. The van der Waals surface area contributed by atoms with Crippen LogP contribution >= 0.6 is 0 Å². The van der Waals surface area contributed by atoms with Gasteiger partial charge in [0.15, 0.2) is 0 Å². The average Bonchev–Trinajstić information content (AvgIpc) is 3.73. The lowest BCUT2D eigenvalue weighted by Gasteiger charge is -2.27. The predicted molar refractivity (Wildman–Crippen MR) is 174 cm³/mol. The first-order valence-electron chi connectivity index (χ1n) is 16.4. The van der Waals surface area contributed by atoms with Crippen LogP contribution in [0.2, 0.25) is 0 Å². The number of benzene rings is 3. The number of H-pyrrole nitrogens is 2. The molecule has 0 atom stereocenters. The number of fused-ring (bicyclic) bond motifs is 3. The van der Waals surface area contributed by atoms with Crippen molar-refractivity contribution in [2.45, 2.75) is 76.3 Å². The first kappa shape index (κ1) is 31.8. The molecule has 0 unspecified atom stereocenters. The summed E-state index contributed by atoms with van der Waals surface area (Å²) < 4.78 is 53.8. The van der Waals surface area contributed by atoms with Gasteiger partial charge in [-0.3, -0.25) is 9.59 Å². The molecule has 2 aliphatic carbocycles. The largest absolute Gasteiger partial charge is 0.349 e. The van der Waals surface area contributed by atoms with E-state index in [9.17, 15) is 27.2 Å². The first-order chi connectivity index (χ1) is 23.0. The molecule has 7 rings (SSSR count). The Morgan fingerprint density at radius 2 is 1.27 bits per heavy atom. The highest BCUT2D eigenvalue weighted by atomic mass is 19.3. The number of rotatable bonds is 8. The van der Waals surface area contributed by atoms with E-state index in [4.69, 9.17) is 0 Å². The van der Waals surface area contributed by atoms with E-state index in [0.29, 0.717) is 11.6 Å². The molecule has 2 amide bonds. The molecule has 0 spiro atoms. The van der Waals surface area contributed by atoms with Crippen LogP contribution in [0.25, 0.3) is 44.2 Å². The molecule has 2 saturated carbocycles. The molecule has 5 aromatic rings. The van der Waals surface area contributed by atoms with Crippen LogP contribution in [0.4, 0.5) is 17.6 Å². The zero-order valence-electron chi connectivity index (χ0n) is 26.2. The summed E-state index contributed by atoms with van der Waals surface area (Å²) in [5.41, 5.74) is 5.43.